The number of likely N-dealkylation sites (tertiary alicyclic amines) is 1. The van der Waals surface area contributed by atoms with Gasteiger partial charge in [-0.1, -0.05) is 17.7 Å². The van der Waals surface area contributed by atoms with Crippen LogP contribution in [0.4, 0.5) is 41.2 Å². The zero-order chi connectivity index (χ0) is 31.7. The number of alkyl halides is 3. The third kappa shape index (κ3) is 7.61. The summed E-state index contributed by atoms with van der Waals surface area (Å²) in [6.45, 7) is 5.83. The largest absolute Gasteiger partial charge is 0.495 e. The van der Waals surface area contributed by atoms with E-state index in [0.717, 1.165) is 6.07 Å². The van der Waals surface area contributed by atoms with Crippen LogP contribution >= 0.6 is 11.6 Å². The second-order valence-electron chi connectivity index (χ2n) is 10.7. The predicted molar refractivity (Wildman–Crippen MR) is 157 cm³/mol. The van der Waals surface area contributed by atoms with Gasteiger partial charge in [0.15, 0.2) is 0 Å². The fraction of sp³-hybridized carbons (Fsp3) is 0.423. The highest BCUT2D eigenvalue weighted by atomic mass is 35.5. The van der Waals surface area contributed by atoms with Crippen LogP contribution in [0.5, 0.6) is 5.75 Å². The van der Waals surface area contributed by atoms with E-state index in [-0.39, 0.29) is 58.3 Å². The Morgan fingerprint density at radius 3 is 2.44 bits per heavy atom. The van der Waals surface area contributed by atoms with Gasteiger partial charge in [-0.25, -0.2) is 14.1 Å². The molecule has 1 saturated heterocycles. The molecular formula is C26H31ClF3N7O5S. The van der Waals surface area contributed by atoms with Crippen molar-refractivity contribution >= 4 is 52.2 Å². The number of nitrogen functional groups attached to an aromatic ring is 1. The van der Waals surface area contributed by atoms with E-state index in [2.05, 4.69) is 20.5 Å². The van der Waals surface area contributed by atoms with Crippen LogP contribution in [0.25, 0.3) is 11.1 Å². The number of piperidine rings is 1. The highest BCUT2D eigenvalue weighted by Crippen LogP contribution is 2.45. The van der Waals surface area contributed by atoms with Crippen molar-refractivity contribution in [2.24, 2.45) is 0 Å². The van der Waals surface area contributed by atoms with E-state index in [9.17, 15) is 26.7 Å². The summed E-state index contributed by atoms with van der Waals surface area (Å²) in [5, 5.41) is 8.53. The zero-order valence-electron chi connectivity index (χ0n) is 23.7. The average Bonchev–Trinajstić information content (AvgIpc) is 3.31. The monoisotopic (exact) mass is 645 g/mol. The number of carbonyl (C=O) groups is 1. The number of carbonyl (C=O) groups excluding carboxylic acids is 1. The Morgan fingerprint density at radius 2 is 1.91 bits per heavy atom. The molecule has 1 aliphatic heterocycles. The first-order valence-electron chi connectivity index (χ1n) is 13.0. The highest BCUT2D eigenvalue weighted by molar-refractivity contribution is 7.80. The molecule has 17 heteroatoms. The summed E-state index contributed by atoms with van der Waals surface area (Å²) >= 11 is 3.88. The summed E-state index contributed by atoms with van der Waals surface area (Å²) in [4.78, 5) is 17.8. The van der Waals surface area contributed by atoms with Crippen molar-refractivity contribution in [1.29, 1.82) is 0 Å². The lowest BCUT2D eigenvalue weighted by Gasteiger charge is -2.38. The van der Waals surface area contributed by atoms with E-state index in [1.165, 1.54) is 40.6 Å². The van der Waals surface area contributed by atoms with E-state index >= 15 is 0 Å². The molecular weight excluding hydrogens is 615 g/mol. The summed E-state index contributed by atoms with van der Waals surface area (Å²) < 4.78 is 77.7. The van der Waals surface area contributed by atoms with Gasteiger partial charge in [-0.2, -0.15) is 18.2 Å². The zero-order valence-corrected chi connectivity index (χ0v) is 25.2. The van der Waals surface area contributed by atoms with Crippen molar-refractivity contribution in [3.8, 4) is 16.9 Å². The van der Waals surface area contributed by atoms with Crippen molar-refractivity contribution in [3.05, 3.63) is 40.9 Å². The number of amides is 1. The van der Waals surface area contributed by atoms with Gasteiger partial charge in [0.2, 0.25) is 11.9 Å². The van der Waals surface area contributed by atoms with Gasteiger partial charge < -0.3 is 25.4 Å². The molecule has 1 fully saturated rings. The van der Waals surface area contributed by atoms with E-state index < -0.39 is 40.7 Å². The van der Waals surface area contributed by atoms with Crippen molar-refractivity contribution in [3.63, 3.8) is 0 Å². The maximum atomic E-state index is 14.3. The second kappa shape index (κ2) is 12.5. The first kappa shape index (κ1) is 32.2. The van der Waals surface area contributed by atoms with Crippen LogP contribution in [-0.2, 0) is 22.2 Å². The van der Waals surface area contributed by atoms with E-state index in [1.807, 2.05) is 0 Å². The molecule has 1 aliphatic rings. The first-order valence-corrected chi connectivity index (χ1v) is 14.4. The lowest BCUT2D eigenvalue weighted by atomic mass is 9.97. The Morgan fingerprint density at radius 1 is 1.23 bits per heavy atom. The first-order chi connectivity index (χ1) is 20.1. The number of nitrogens with zero attached hydrogens (tertiary/aromatic N) is 4. The predicted octanol–water partition coefficient (Wildman–Crippen LogP) is 5.82. The molecule has 0 aliphatic carbocycles. The molecule has 2 heterocycles. The number of ether oxygens (including phenoxy) is 2. The lowest BCUT2D eigenvalue weighted by molar-refractivity contribution is -0.137. The van der Waals surface area contributed by atoms with Gasteiger partial charge in [-0.05, 0) is 63.4 Å². The molecule has 0 radical (unpaired) electrons. The number of methoxy groups -OCH3 is 1. The standard InChI is InChI=1S/C26H31ClF3N7O5S/c1-25(2,3)42-24(38)36-9-7-16(8-10-36)37(43(39)40)19-6-5-14(11-20(19)41-4)21-17(26(28,29)30)12-15(13-18(21)27)32-23-33-22(31)34-35-23/h5-6,11-13,16H,7-10H2,1-4H3,(H,39,40)(H4,31,32,33,34,35). The number of benzene rings is 2. The van der Waals surface area contributed by atoms with Crippen molar-refractivity contribution in [2.75, 3.05) is 35.6 Å². The third-order valence-corrected chi connectivity index (χ3v) is 7.61. The Balaban J connectivity index is 1.65. The Hall–Kier alpha value is -3.76. The minimum Gasteiger partial charge on any atom is -0.495 e. The summed E-state index contributed by atoms with van der Waals surface area (Å²) in [6, 6.07) is 5.77. The number of aromatic nitrogens is 3. The number of halogens is 4. The molecule has 1 atom stereocenters. The van der Waals surface area contributed by atoms with Crippen LogP contribution in [-0.4, -0.2) is 66.8 Å². The van der Waals surface area contributed by atoms with Gasteiger partial charge in [0.05, 0.1) is 23.4 Å². The van der Waals surface area contributed by atoms with Crippen LogP contribution in [0.15, 0.2) is 30.3 Å². The van der Waals surface area contributed by atoms with Crippen LogP contribution in [0.1, 0.15) is 39.2 Å². The van der Waals surface area contributed by atoms with Gasteiger partial charge in [0.1, 0.15) is 11.4 Å². The number of hydrogen-bond acceptors (Lipinski definition) is 8. The normalized spacial score (nSPS) is 15.2. The van der Waals surface area contributed by atoms with Crippen LogP contribution < -0.4 is 20.1 Å². The van der Waals surface area contributed by atoms with E-state index in [1.54, 1.807) is 20.8 Å². The Kier molecular flexibility index (Phi) is 9.32. The van der Waals surface area contributed by atoms with Crippen LogP contribution in [0.3, 0.4) is 0 Å². The van der Waals surface area contributed by atoms with Gasteiger partial charge in [-0.3, -0.25) is 8.86 Å². The maximum absolute atomic E-state index is 14.3. The average molecular weight is 646 g/mol. The molecule has 4 rings (SSSR count). The second-order valence-corrected chi connectivity index (χ2v) is 12.0. The fourth-order valence-electron chi connectivity index (χ4n) is 4.69. The molecule has 5 N–H and O–H groups in total. The summed E-state index contributed by atoms with van der Waals surface area (Å²) in [5.74, 6) is -0.0218. The number of rotatable bonds is 7. The minimum absolute atomic E-state index is 0.0248. The molecule has 1 unspecified atom stereocenters. The number of nitrogens with one attached hydrogen (secondary N) is 2. The van der Waals surface area contributed by atoms with Crippen LogP contribution in [0, 0.1) is 0 Å². The highest BCUT2D eigenvalue weighted by Gasteiger charge is 2.37. The minimum atomic E-state index is -4.80. The number of anilines is 4. The van der Waals surface area contributed by atoms with Gasteiger partial charge in [0, 0.05) is 30.4 Å². The van der Waals surface area contributed by atoms with Gasteiger partial charge in [0.25, 0.3) is 11.3 Å². The molecule has 0 saturated carbocycles. The third-order valence-electron chi connectivity index (χ3n) is 6.48. The molecule has 43 heavy (non-hydrogen) atoms. The summed E-state index contributed by atoms with van der Waals surface area (Å²) in [5.41, 5.74) is 3.68. The van der Waals surface area contributed by atoms with Crippen molar-refractivity contribution in [2.45, 2.75) is 51.4 Å². The molecule has 0 bridgehead atoms. The van der Waals surface area contributed by atoms with Crippen LogP contribution in [0.2, 0.25) is 5.02 Å². The topological polar surface area (TPSA) is 159 Å². The number of hydrogen-bond donors (Lipinski definition) is 4. The molecule has 0 spiro atoms. The summed E-state index contributed by atoms with van der Waals surface area (Å²) in [6.07, 6.45) is -4.61. The fourth-order valence-corrected chi connectivity index (χ4v) is 5.80. The summed E-state index contributed by atoms with van der Waals surface area (Å²) in [7, 11) is 1.30. The van der Waals surface area contributed by atoms with E-state index in [0.29, 0.717) is 12.8 Å². The molecule has 3 aromatic rings. The lowest BCUT2D eigenvalue weighted by Crippen LogP contribution is -2.48. The SMILES string of the molecule is COc1cc(-c2c(Cl)cc(Nc3n[nH]c(N)n3)cc2C(F)(F)F)ccc1N(C1CCN(C(=O)OC(C)(C)C)CC1)S(=O)O. The molecule has 1 amide bonds. The van der Waals surface area contributed by atoms with Gasteiger partial charge in [-0.15, -0.1) is 5.10 Å². The van der Waals surface area contributed by atoms with Crippen molar-refractivity contribution in [1.82, 2.24) is 20.1 Å². The molecule has 2 aromatic carbocycles. The number of H-pyrrole nitrogens is 1. The van der Waals surface area contributed by atoms with Crippen molar-refractivity contribution < 1.29 is 36.2 Å². The number of aromatic amines is 1. The molecule has 1 aromatic heterocycles. The maximum Gasteiger partial charge on any atom is 0.417 e. The Bertz CT molecular complexity index is 1510. The van der Waals surface area contributed by atoms with Gasteiger partial charge >= 0.3 is 12.3 Å². The molecule has 234 valence electrons. The Labute approximate surface area is 253 Å². The smallest absolute Gasteiger partial charge is 0.417 e. The molecule has 12 nitrogen and oxygen atoms in total. The number of nitrogens with two attached hydrogens (primary N) is 1. The quantitative estimate of drug-likeness (QED) is 0.232. The van der Waals surface area contributed by atoms with E-state index in [4.69, 9.17) is 26.8 Å².